The lowest BCUT2D eigenvalue weighted by molar-refractivity contribution is 0.744. The Labute approximate surface area is 289 Å². The molecule has 0 fully saturated rings. The van der Waals surface area contributed by atoms with Crippen LogP contribution >= 0.6 is 0 Å². The van der Waals surface area contributed by atoms with E-state index in [1.807, 2.05) is 78.9 Å². The van der Waals surface area contributed by atoms with Crippen molar-refractivity contribution in [3.05, 3.63) is 174 Å². The van der Waals surface area contributed by atoms with Gasteiger partial charge in [0.15, 0.2) is 0 Å². The fourth-order valence-electron chi connectivity index (χ4n) is 7.86. The molecular formula is C45H27N5. The Kier molecular flexibility index (Phi) is 6.70. The van der Waals surface area contributed by atoms with E-state index < -0.39 is 0 Å². The molecule has 9 rings (SSSR count). The Morgan fingerprint density at radius 1 is 0.500 bits per heavy atom. The standard InChI is InChI=1S/C45H27N5/c46-26-29-19-21-44(50-42-17-6-3-13-36(42)38-24-30(27-47)20-22-45(38)50)37(23-29)32-10-7-9-31(25-32)33-14-8-18-43(39(33)28-48)49-40-15-4-1-11-34(40)35-12-2-5-16-41(35)49/h1-25,34,40H. The lowest BCUT2D eigenvalue weighted by atomic mass is 9.91. The highest BCUT2D eigenvalue weighted by Gasteiger charge is 2.38. The molecule has 0 saturated heterocycles. The van der Waals surface area contributed by atoms with Gasteiger partial charge in [0.2, 0.25) is 0 Å². The fraction of sp³-hybridized carbons (Fsp3) is 0.0444. The summed E-state index contributed by atoms with van der Waals surface area (Å²) in [6, 6.07) is 49.8. The number of nitriles is 3. The maximum absolute atomic E-state index is 10.8. The molecule has 0 bridgehead atoms. The molecule has 0 N–H and O–H groups in total. The summed E-state index contributed by atoms with van der Waals surface area (Å²) >= 11 is 0. The topological polar surface area (TPSA) is 79.5 Å². The van der Waals surface area contributed by atoms with E-state index in [1.165, 1.54) is 5.56 Å². The first-order chi connectivity index (χ1) is 24.7. The molecule has 2 aliphatic rings. The molecule has 7 aromatic rings. The van der Waals surface area contributed by atoms with Crippen LogP contribution < -0.4 is 4.90 Å². The maximum Gasteiger partial charge on any atom is 0.102 e. The Bertz CT molecular complexity index is 2720. The zero-order valence-corrected chi connectivity index (χ0v) is 26.8. The number of hydrogen-bond donors (Lipinski definition) is 0. The van der Waals surface area contributed by atoms with Crippen LogP contribution in [0.3, 0.4) is 0 Å². The molecule has 6 aromatic carbocycles. The van der Waals surface area contributed by atoms with Crippen LogP contribution in [0.4, 0.5) is 11.4 Å². The van der Waals surface area contributed by atoms with Crippen molar-refractivity contribution in [1.82, 2.24) is 4.57 Å². The summed E-state index contributed by atoms with van der Waals surface area (Å²) in [4.78, 5) is 2.31. The Morgan fingerprint density at radius 2 is 1.20 bits per heavy atom. The van der Waals surface area contributed by atoms with Gasteiger partial charge in [0.05, 0.1) is 57.3 Å². The second-order valence-electron chi connectivity index (χ2n) is 12.6. The third kappa shape index (κ3) is 4.37. The molecule has 2 unspecified atom stereocenters. The largest absolute Gasteiger partial charge is 0.332 e. The van der Waals surface area contributed by atoms with E-state index >= 15 is 0 Å². The Morgan fingerprint density at radius 3 is 2.06 bits per heavy atom. The normalized spacial score (nSPS) is 15.7. The Hall–Kier alpha value is -7.13. The monoisotopic (exact) mass is 637 g/mol. The average molecular weight is 638 g/mol. The number of rotatable bonds is 4. The van der Waals surface area contributed by atoms with Crippen LogP contribution in [0.1, 0.15) is 28.2 Å². The van der Waals surface area contributed by atoms with Gasteiger partial charge >= 0.3 is 0 Å². The molecule has 0 saturated carbocycles. The first kappa shape index (κ1) is 29.0. The molecule has 2 heterocycles. The molecule has 1 aromatic heterocycles. The molecule has 232 valence electrons. The van der Waals surface area contributed by atoms with E-state index in [0.29, 0.717) is 16.7 Å². The van der Waals surface area contributed by atoms with Crippen molar-refractivity contribution >= 4 is 33.2 Å². The summed E-state index contributed by atoms with van der Waals surface area (Å²) in [7, 11) is 0. The van der Waals surface area contributed by atoms with Gasteiger partial charge in [-0.1, -0.05) is 91.0 Å². The van der Waals surface area contributed by atoms with E-state index in [0.717, 1.165) is 61.1 Å². The van der Waals surface area contributed by atoms with Gasteiger partial charge in [-0.2, -0.15) is 15.8 Å². The number of hydrogen-bond acceptors (Lipinski definition) is 4. The van der Waals surface area contributed by atoms with Gasteiger partial charge in [-0.25, -0.2) is 0 Å². The summed E-state index contributed by atoms with van der Waals surface area (Å²) in [6.45, 7) is 0. The first-order valence-electron chi connectivity index (χ1n) is 16.5. The van der Waals surface area contributed by atoms with Crippen LogP contribution in [0.5, 0.6) is 0 Å². The Balaban J connectivity index is 1.22. The molecule has 2 atom stereocenters. The minimum atomic E-state index is 0.0813. The van der Waals surface area contributed by atoms with E-state index in [9.17, 15) is 15.8 Å². The van der Waals surface area contributed by atoms with Crippen molar-refractivity contribution in [2.45, 2.75) is 12.0 Å². The van der Waals surface area contributed by atoms with Crippen LogP contribution in [0.25, 0.3) is 49.7 Å². The molecule has 1 aliphatic carbocycles. The van der Waals surface area contributed by atoms with Gasteiger partial charge in [-0.15, -0.1) is 0 Å². The van der Waals surface area contributed by atoms with E-state index in [2.05, 4.69) is 101 Å². The van der Waals surface area contributed by atoms with Crippen molar-refractivity contribution in [3.8, 4) is 46.1 Å². The number of benzene rings is 6. The fourth-order valence-corrected chi connectivity index (χ4v) is 7.86. The number of anilines is 2. The van der Waals surface area contributed by atoms with Gasteiger partial charge in [0, 0.05) is 33.5 Å². The number of allylic oxidation sites excluding steroid dienone is 2. The molecule has 0 spiro atoms. The quantitative estimate of drug-likeness (QED) is 0.192. The van der Waals surface area contributed by atoms with Crippen LogP contribution in [-0.4, -0.2) is 10.6 Å². The number of aromatic nitrogens is 1. The van der Waals surface area contributed by atoms with Gasteiger partial charge < -0.3 is 9.47 Å². The predicted molar refractivity (Wildman–Crippen MR) is 199 cm³/mol. The average Bonchev–Trinajstić information content (AvgIpc) is 3.70. The van der Waals surface area contributed by atoms with Crippen LogP contribution in [0, 0.1) is 34.0 Å². The third-order valence-corrected chi connectivity index (χ3v) is 10.0. The van der Waals surface area contributed by atoms with E-state index in [1.54, 1.807) is 0 Å². The SMILES string of the molecule is N#Cc1ccc(-n2c3ccccc3c3cc(C#N)ccc32)c(-c2cccc(-c3cccc(N4c5ccccc5C5C=CC=CC54)c3C#N)c2)c1. The van der Waals surface area contributed by atoms with Gasteiger partial charge in [-0.05, 0) is 77.4 Å². The summed E-state index contributed by atoms with van der Waals surface area (Å²) < 4.78 is 2.21. The lowest BCUT2D eigenvalue weighted by Gasteiger charge is -2.30. The summed E-state index contributed by atoms with van der Waals surface area (Å²) in [5, 5.41) is 32.4. The van der Waals surface area contributed by atoms with Crippen molar-refractivity contribution < 1.29 is 0 Å². The predicted octanol–water partition coefficient (Wildman–Crippen LogP) is 10.5. The molecule has 1 aliphatic heterocycles. The summed E-state index contributed by atoms with van der Waals surface area (Å²) in [5.41, 5.74) is 11.5. The minimum Gasteiger partial charge on any atom is -0.332 e. The second-order valence-corrected chi connectivity index (χ2v) is 12.6. The van der Waals surface area contributed by atoms with Crippen molar-refractivity contribution in [3.63, 3.8) is 0 Å². The third-order valence-electron chi connectivity index (χ3n) is 10.0. The molecular weight excluding hydrogens is 611 g/mol. The van der Waals surface area contributed by atoms with E-state index in [4.69, 9.17) is 0 Å². The van der Waals surface area contributed by atoms with Crippen molar-refractivity contribution in [2.75, 3.05) is 4.90 Å². The number of para-hydroxylation sites is 2. The number of nitrogens with zero attached hydrogens (tertiary/aromatic N) is 5. The zero-order valence-electron chi connectivity index (χ0n) is 26.8. The molecule has 0 radical (unpaired) electrons. The highest BCUT2D eigenvalue weighted by molar-refractivity contribution is 6.10. The van der Waals surface area contributed by atoms with Crippen LogP contribution in [-0.2, 0) is 0 Å². The van der Waals surface area contributed by atoms with Crippen molar-refractivity contribution in [1.29, 1.82) is 15.8 Å². The smallest absolute Gasteiger partial charge is 0.102 e. The molecule has 5 nitrogen and oxygen atoms in total. The summed E-state index contributed by atoms with van der Waals surface area (Å²) in [5.74, 6) is 0.216. The van der Waals surface area contributed by atoms with E-state index in [-0.39, 0.29) is 12.0 Å². The van der Waals surface area contributed by atoms with Crippen LogP contribution in [0.15, 0.2) is 152 Å². The highest BCUT2D eigenvalue weighted by atomic mass is 15.2. The van der Waals surface area contributed by atoms with Crippen LogP contribution in [0.2, 0.25) is 0 Å². The first-order valence-corrected chi connectivity index (χ1v) is 16.5. The highest BCUT2D eigenvalue weighted by Crippen LogP contribution is 2.49. The van der Waals surface area contributed by atoms with Gasteiger partial charge in [0.25, 0.3) is 0 Å². The maximum atomic E-state index is 10.8. The number of fused-ring (bicyclic) bond motifs is 6. The molecule has 50 heavy (non-hydrogen) atoms. The molecule has 0 amide bonds. The van der Waals surface area contributed by atoms with Gasteiger partial charge in [0.1, 0.15) is 6.07 Å². The summed E-state index contributed by atoms with van der Waals surface area (Å²) in [6.07, 6.45) is 8.66. The second kappa shape index (κ2) is 11.5. The van der Waals surface area contributed by atoms with Gasteiger partial charge in [-0.3, -0.25) is 0 Å². The lowest BCUT2D eigenvalue weighted by Crippen LogP contribution is -2.29. The molecule has 5 heteroatoms. The zero-order chi connectivity index (χ0) is 33.8. The minimum absolute atomic E-state index is 0.0813. The van der Waals surface area contributed by atoms with Crippen molar-refractivity contribution in [2.24, 2.45) is 0 Å².